The first-order valence-corrected chi connectivity index (χ1v) is 12.0. The lowest BCUT2D eigenvalue weighted by atomic mass is 10.2. The second-order valence-electron chi connectivity index (χ2n) is 7.10. The van der Waals surface area contributed by atoms with Crippen LogP contribution in [-0.2, 0) is 17.9 Å². The van der Waals surface area contributed by atoms with Gasteiger partial charge in [0.25, 0.3) is 11.1 Å². The van der Waals surface area contributed by atoms with Gasteiger partial charge in [0.1, 0.15) is 6.61 Å². The molecule has 0 radical (unpaired) electrons. The molecule has 1 aliphatic heterocycles. The van der Waals surface area contributed by atoms with E-state index >= 15 is 0 Å². The number of hydrogen-bond acceptors (Lipinski definition) is 4. The van der Waals surface area contributed by atoms with E-state index < -0.39 is 5.91 Å². The van der Waals surface area contributed by atoms with Gasteiger partial charge >= 0.3 is 0 Å². The van der Waals surface area contributed by atoms with Gasteiger partial charge in [0.15, 0.2) is 5.75 Å². The number of rotatable bonds is 6. The van der Waals surface area contributed by atoms with Crippen LogP contribution in [0.3, 0.4) is 0 Å². The number of imide groups is 1. The lowest BCUT2D eigenvalue weighted by molar-refractivity contribution is -0.123. The average molecular weight is 539 g/mol. The maximum absolute atomic E-state index is 12.8. The van der Waals surface area contributed by atoms with E-state index in [1.807, 2.05) is 30.3 Å². The van der Waals surface area contributed by atoms with Crippen molar-refractivity contribution in [2.75, 3.05) is 0 Å². The predicted octanol–water partition coefficient (Wildman–Crippen LogP) is 8.12. The van der Waals surface area contributed by atoms with Gasteiger partial charge in [-0.05, 0) is 58.8 Å². The minimum atomic E-state index is -0.410. The van der Waals surface area contributed by atoms with Crippen molar-refractivity contribution in [3.8, 4) is 5.75 Å². The van der Waals surface area contributed by atoms with Crippen molar-refractivity contribution in [3.05, 3.63) is 102 Å². The Labute approximate surface area is 215 Å². The first-order valence-electron chi connectivity index (χ1n) is 9.67. The largest absolute Gasteiger partial charge is 0.486 e. The molecule has 0 N–H and O–H groups in total. The molecular weight excluding hydrogens is 524 g/mol. The summed E-state index contributed by atoms with van der Waals surface area (Å²) in [4.78, 5) is 26.7. The third-order valence-corrected chi connectivity index (χ3v) is 6.95. The number of thioether (sulfide) groups is 1. The molecule has 3 aromatic rings. The van der Waals surface area contributed by atoms with Crippen LogP contribution in [0.15, 0.2) is 65.6 Å². The van der Waals surface area contributed by atoms with Crippen molar-refractivity contribution in [2.24, 2.45) is 0 Å². The summed E-state index contributed by atoms with van der Waals surface area (Å²) in [6.45, 7) is 0.403. The smallest absolute Gasteiger partial charge is 0.293 e. The summed E-state index contributed by atoms with van der Waals surface area (Å²) >= 11 is 25.6. The Bertz CT molecular complexity index is 1240. The monoisotopic (exact) mass is 537 g/mol. The number of ether oxygens (including phenoxy) is 1. The van der Waals surface area contributed by atoms with Gasteiger partial charge in [-0.25, -0.2) is 0 Å². The Kier molecular flexibility index (Phi) is 7.57. The summed E-state index contributed by atoms with van der Waals surface area (Å²) in [5.41, 5.74) is 2.25. The summed E-state index contributed by atoms with van der Waals surface area (Å²) in [5.74, 6) is -0.0558. The van der Waals surface area contributed by atoms with Crippen LogP contribution >= 0.6 is 58.2 Å². The van der Waals surface area contributed by atoms with Crippen LogP contribution < -0.4 is 4.74 Å². The van der Waals surface area contributed by atoms with Gasteiger partial charge in [0.05, 0.1) is 31.5 Å². The van der Waals surface area contributed by atoms with Crippen molar-refractivity contribution in [3.63, 3.8) is 0 Å². The fraction of sp³-hybridized carbons (Fsp3) is 0.0833. The first-order chi connectivity index (χ1) is 15.8. The third-order valence-electron chi connectivity index (χ3n) is 4.74. The van der Waals surface area contributed by atoms with E-state index in [0.29, 0.717) is 43.6 Å². The Morgan fingerprint density at radius 3 is 2.18 bits per heavy atom. The molecule has 1 heterocycles. The summed E-state index contributed by atoms with van der Waals surface area (Å²) in [6, 6.07) is 17.9. The molecule has 4 rings (SSSR count). The number of halogens is 4. The second-order valence-corrected chi connectivity index (χ2v) is 9.73. The van der Waals surface area contributed by atoms with E-state index in [-0.39, 0.29) is 16.7 Å². The zero-order valence-corrected chi connectivity index (χ0v) is 20.7. The summed E-state index contributed by atoms with van der Waals surface area (Å²) in [5, 5.41) is 0.992. The van der Waals surface area contributed by atoms with Gasteiger partial charge in [0, 0.05) is 0 Å². The van der Waals surface area contributed by atoms with Crippen LogP contribution in [-0.4, -0.2) is 16.0 Å². The predicted molar refractivity (Wildman–Crippen MR) is 135 cm³/mol. The maximum atomic E-state index is 12.8. The lowest BCUT2D eigenvalue weighted by Gasteiger charge is -2.13. The van der Waals surface area contributed by atoms with E-state index in [9.17, 15) is 9.59 Å². The molecule has 1 fully saturated rings. The topological polar surface area (TPSA) is 46.6 Å². The molecule has 0 unspecified atom stereocenters. The van der Waals surface area contributed by atoms with Gasteiger partial charge < -0.3 is 4.74 Å². The third kappa shape index (κ3) is 5.68. The van der Waals surface area contributed by atoms with Crippen LogP contribution in [0, 0.1) is 0 Å². The quantitative estimate of drug-likeness (QED) is 0.297. The normalized spacial score (nSPS) is 14.9. The zero-order valence-electron chi connectivity index (χ0n) is 16.9. The lowest BCUT2D eigenvalue weighted by Crippen LogP contribution is -2.27. The Hall–Kier alpha value is -2.15. The standard InChI is InChI=1S/C24H15Cl4NO3S/c25-17-7-6-15(8-18(17)26)12-29-23(30)21(33-24(29)31)11-16-9-19(27)22(20(28)10-16)32-13-14-4-2-1-3-5-14/h1-11H,12-13H2/b21-11-. The van der Waals surface area contributed by atoms with Crippen molar-refractivity contribution in [1.29, 1.82) is 0 Å². The molecule has 1 aliphatic rings. The molecule has 0 saturated carbocycles. The Morgan fingerprint density at radius 2 is 1.52 bits per heavy atom. The van der Waals surface area contributed by atoms with Crippen LogP contribution in [0.25, 0.3) is 6.08 Å². The van der Waals surface area contributed by atoms with Gasteiger partial charge in [-0.3, -0.25) is 14.5 Å². The molecule has 1 saturated heterocycles. The van der Waals surface area contributed by atoms with Crippen molar-refractivity contribution in [2.45, 2.75) is 13.2 Å². The molecule has 3 aromatic carbocycles. The summed E-state index contributed by atoms with van der Waals surface area (Å²) < 4.78 is 5.78. The minimum Gasteiger partial charge on any atom is -0.486 e. The number of amides is 2. The molecule has 33 heavy (non-hydrogen) atoms. The van der Waals surface area contributed by atoms with E-state index in [2.05, 4.69) is 0 Å². The van der Waals surface area contributed by atoms with Crippen molar-refractivity contribution in [1.82, 2.24) is 4.90 Å². The SMILES string of the molecule is O=C1S/C(=C\c2cc(Cl)c(OCc3ccccc3)c(Cl)c2)C(=O)N1Cc1ccc(Cl)c(Cl)c1. The highest BCUT2D eigenvalue weighted by Gasteiger charge is 2.35. The number of benzene rings is 3. The highest BCUT2D eigenvalue weighted by atomic mass is 35.5. The molecule has 0 bridgehead atoms. The molecule has 4 nitrogen and oxygen atoms in total. The molecule has 9 heteroatoms. The molecule has 0 spiro atoms. The summed E-state index contributed by atoms with van der Waals surface area (Å²) in [6.07, 6.45) is 1.58. The zero-order chi connectivity index (χ0) is 23.5. The Morgan fingerprint density at radius 1 is 0.818 bits per heavy atom. The van der Waals surface area contributed by atoms with E-state index in [0.717, 1.165) is 22.2 Å². The number of nitrogens with zero attached hydrogens (tertiary/aromatic N) is 1. The second kappa shape index (κ2) is 10.4. The maximum Gasteiger partial charge on any atom is 0.293 e. The molecule has 168 valence electrons. The van der Waals surface area contributed by atoms with Gasteiger partial charge in [0.2, 0.25) is 0 Å². The summed E-state index contributed by atoms with van der Waals surface area (Å²) in [7, 11) is 0. The Balaban J connectivity index is 1.50. The fourth-order valence-corrected chi connectivity index (χ4v) is 4.91. The first kappa shape index (κ1) is 24.0. The van der Waals surface area contributed by atoms with E-state index in [1.54, 1.807) is 36.4 Å². The number of hydrogen-bond donors (Lipinski definition) is 0. The highest BCUT2D eigenvalue weighted by molar-refractivity contribution is 8.18. The highest BCUT2D eigenvalue weighted by Crippen LogP contribution is 2.38. The van der Waals surface area contributed by atoms with Crippen molar-refractivity contribution >= 4 is 75.4 Å². The minimum absolute atomic E-state index is 0.0900. The van der Waals surface area contributed by atoms with Crippen LogP contribution in [0.5, 0.6) is 5.75 Å². The molecule has 0 aromatic heterocycles. The molecule has 0 aliphatic carbocycles. The van der Waals surface area contributed by atoms with Gasteiger partial charge in [-0.1, -0.05) is 82.8 Å². The van der Waals surface area contributed by atoms with Gasteiger partial charge in [-0.2, -0.15) is 0 Å². The molecule has 2 amide bonds. The van der Waals surface area contributed by atoms with Crippen molar-refractivity contribution < 1.29 is 14.3 Å². The number of carbonyl (C=O) groups is 2. The van der Waals surface area contributed by atoms with Crippen LogP contribution in [0.2, 0.25) is 20.1 Å². The molecule has 0 atom stereocenters. The fourth-order valence-electron chi connectivity index (χ4n) is 3.14. The van der Waals surface area contributed by atoms with E-state index in [1.165, 1.54) is 0 Å². The van der Waals surface area contributed by atoms with E-state index in [4.69, 9.17) is 51.1 Å². The van der Waals surface area contributed by atoms with Crippen LogP contribution in [0.1, 0.15) is 16.7 Å². The molecular formula is C24H15Cl4NO3S. The van der Waals surface area contributed by atoms with Crippen LogP contribution in [0.4, 0.5) is 4.79 Å². The number of carbonyl (C=O) groups excluding carboxylic acids is 2. The average Bonchev–Trinajstić information content (AvgIpc) is 3.03. The van der Waals surface area contributed by atoms with Gasteiger partial charge in [-0.15, -0.1) is 0 Å².